The van der Waals surface area contributed by atoms with Crippen molar-refractivity contribution in [3.63, 3.8) is 0 Å². The number of benzene rings is 2. The number of likely N-dealkylation sites (N-methyl/N-ethyl adjacent to an activating group) is 1. The summed E-state index contributed by atoms with van der Waals surface area (Å²) in [5, 5.41) is 0.210. The minimum Gasteiger partial charge on any atom is -0.355 e. The van der Waals surface area contributed by atoms with Crippen LogP contribution in [0.3, 0.4) is 0 Å². The van der Waals surface area contributed by atoms with Gasteiger partial charge in [-0.15, -0.1) is 0 Å². The number of amidine groups is 1. The second-order valence-electron chi connectivity index (χ2n) is 8.08. The van der Waals surface area contributed by atoms with Gasteiger partial charge in [-0.2, -0.15) is 0 Å². The van der Waals surface area contributed by atoms with Crippen LogP contribution in [0.1, 0.15) is 35.1 Å². The first kappa shape index (κ1) is 17.9. The molecule has 0 unspecified atom stereocenters. The van der Waals surface area contributed by atoms with E-state index in [4.69, 9.17) is 11.6 Å². The Bertz CT molecular complexity index is 989. The van der Waals surface area contributed by atoms with Gasteiger partial charge in [0.2, 0.25) is 0 Å². The molecule has 0 amide bonds. The molecule has 0 radical (unpaired) electrons. The molecular weight excluding hydrogens is 373 g/mol. The lowest BCUT2D eigenvalue weighted by atomic mass is 9.68. The van der Waals surface area contributed by atoms with Crippen molar-refractivity contribution in [2.45, 2.75) is 24.8 Å². The van der Waals surface area contributed by atoms with Gasteiger partial charge in [-0.25, -0.2) is 9.38 Å². The molecule has 0 aliphatic carbocycles. The Kier molecular flexibility index (Phi) is 4.29. The minimum absolute atomic E-state index is 0.0988. The van der Waals surface area contributed by atoms with Gasteiger partial charge in [-0.3, -0.25) is 4.90 Å². The molecule has 2 bridgehead atoms. The van der Waals surface area contributed by atoms with Gasteiger partial charge in [0.05, 0.1) is 5.02 Å². The van der Waals surface area contributed by atoms with Crippen molar-refractivity contribution in [2.24, 2.45) is 4.99 Å². The van der Waals surface area contributed by atoms with Crippen LogP contribution in [0, 0.1) is 5.82 Å². The van der Waals surface area contributed by atoms with Crippen LogP contribution < -0.4 is 0 Å². The standard InChI is InChI=1S/C23H23ClFN3/c1-27-10-2-9-26-22(27)16-3-5-19-17(13-16)15-28-11-7-23(19,8-12-28)18-4-6-21(25)20(24)14-18/h2-6,9,13-14H,7-8,10-12,15H2,1H3. The van der Waals surface area contributed by atoms with Crippen molar-refractivity contribution < 1.29 is 4.39 Å². The van der Waals surface area contributed by atoms with Crippen molar-refractivity contribution in [3.8, 4) is 0 Å². The highest BCUT2D eigenvalue weighted by molar-refractivity contribution is 6.30. The van der Waals surface area contributed by atoms with E-state index in [0.717, 1.165) is 56.0 Å². The lowest BCUT2D eigenvalue weighted by molar-refractivity contribution is 0.190. The lowest BCUT2D eigenvalue weighted by Gasteiger charge is -2.39. The number of piperidine rings is 1. The summed E-state index contributed by atoms with van der Waals surface area (Å²) in [6.45, 7) is 3.91. The van der Waals surface area contributed by atoms with Crippen molar-refractivity contribution in [1.29, 1.82) is 0 Å². The third-order valence-corrected chi connectivity index (χ3v) is 6.79. The predicted octanol–water partition coefficient (Wildman–Crippen LogP) is 4.58. The van der Waals surface area contributed by atoms with Crippen LogP contribution in [0.2, 0.25) is 5.02 Å². The van der Waals surface area contributed by atoms with E-state index in [2.05, 4.69) is 46.1 Å². The Morgan fingerprint density at radius 3 is 2.68 bits per heavy atom. The molecule has 0 N–H and O–H groups in total. The highest BCUT2D eigenvalue weighted by Gasteiger charge is 2.42. The van der Waals surface area contributed by atoms with E-state index in [1.165, 1.54) is 17.2 Å². The molecule has 0 atom stereocenters. The Balaban J connectivity index is 1.65. The number of nitrogens with zero attached hydrogens (tertiary/aromatic N) is 3. The molecule has 4 heterocycles. The molecule has 2 aromatic carbocycles. The molecule has 1 saturated heterocycles. The summed E-state index contributed by atoms with van der Waals surface area (Å²) in [6.07, 6.45) is 6.01. The average Bonchev–Trinajstić information content (AvgIpc) is 2.96. The average molecular weight is 396 g/mol. The zero-order valence-electron chi connectivity index (χ0n) is 16.0. The van der Waals surface area contributed by atoms with Gasteiger partial charge in [-0.1, -0.05) is 29.8 Å². The molecule has 28 heavy (non-hydrogen) atoms. The van der Waals surface area contributed by atoms with E-state index in [9.17, 15) is 4.39 Å². The summed E-state index contributed by atoms with van der Waals surface area (Å²) in [4.78, 5) is 9.28. The van der Waals surface area contributed by atoms with Gasteiger partial charge >= 0.3 is 0 Å². The van der Waals surface area contributed by atoms with Crippen LogP contribution in [-0.2, 0) is 12.0 Å². The highest BCUT2D eigenvalue weighted by atomic mass is 35.5. The fourth-order valence-electron chi connectivity index (χ4n) is 4.98. The van der Waals surface area contributed by atoms with E-state index in [1.54, 1.807) is 0 Å². The van der Waals surface area contributed by atoms with E-state index in [1.807, 2.05) is 18.3 Å². The van der Waals surface area contributed by atoms with Crippen LogP contribution in [0.15, 0.2) is 53.7 Å². The topological polar surface area (TPSA) is 18.8 Å². The maximum absolute atomic E-state index is 13.8. The molecular formula is C23H23ClFN3. The van der Waals surface area contributed by atoms with Crippen molar-refractivity contribution >= 4 is 17.4 Å². The summed E-state index contributed by atoms with van der Waals surface area (Å²) in [5.74, 6) is 0.658. The third kappa shape index (κ3) is 2.78. The monoisotopic (exact) mass is 395 g/mol. The van der Waals surface area contributed by atoms with Crippen LogP contribution in [0.25, 0.3) is 0 Å². The van der Waals surface area contributed by atoms with Crippen LogP contribution in [0.5, 0.6) is 0 Å². The largest absolute Gasteiger partial charge is 0.355 e. The van der Waals surface area contributed by atoms with E-state index >= 15 is 0 Å². The van der Waals surface area contributed by atoms with Gasteiger partial charge in [-0.05, 0) is 66.9 Å². The summed E-state index contributed by atoms with van der Waals surface area (Å²) in [6, 6.07) is 12.0. The Hall–Kier alpha value is -2.17. The summed E-state index contributed by atoms with van der Waals surface area (Å²) in [7, 11) is 2.07. The number of hydrogen-bond acceptors (Lipinski definition) is 3. The first-order valence-corrected chi connectivity index (χ1v) is 10.2. The van der Waals surface area contributed by atoms with Gasteiger partial charge in [0.1, 0.15) is 11.7 Å². The molecule has 0 saturated carbocycles. The maximum atomic E-state index is 13.8. The number of hydrogen-bond donors (Lipinski definition) is 0. The van der Waals surface area contributed by atoms with E-state index in [-0.39, 0.29) is 16.3 Å². The molecule has 1 fully saturated rings. The molecule has 4 aliphatic rings. The second-order valence-corrected chi connectivity index (χ2v) is 8.48. The molecule has 4 aliphatic heterocycles. The first-order valence-electron chi connectivity index (χ1n) is 9.82. The van der Waals surface area contributed by atoms with Gasteiger partial charge < -0.3 is 4.90 Å². The van der Waals surface area contributed by atoms with Crippen LogP contribution in [-0.4, -0.2) is 42.3 Å². The van der Waals surface area contributed by atoms with Gasteiger partial charge in [0.15, 0.2) is 0 Å². The van der Waals surface area contributed by atoms with Crippen LogP contribution >= 0.6 is 11.6 Å². The highest BCUT2D eigenvalue weighted by Crippen LogP contribution is 2.47. The minimum atomic E-state index is -0.352. The normalized spacial score (nSPS) is 26.0. The molecule has 3 nitrogen and oxygen atoms in total. The summed E-state index contributed by atoms with van der Waals surface area (Å²) < 4.78 is 13.8. The maximum Gasteiger partial charge on any atom is 0.141 e. The Morgan fingerprint density at radius 1 is 1.11 bits per heavy atom. The first-order chi connectivity index (χ1) is 13.6. The second kappa shape index (κ2) is 6.71. The number of aliphatic imine (C=N–C) groups is 1. The van der Waals surface area contributed by atoms with Crippen molar-refractivity contribution in [3.05, 3.63) is 81.8 Å². The van der Waals surface area contributed by atoms with Gasteiger partial charge in [0, 0.05) is 37.3 Å². The van der Waals surface area contributed by atoms with E-state index in [0.29, 0.717) is 0 Å². The Labute approximate surface area is 170 Å². The van der Waals surface area contributed by atoms with Crippen molar-refractivity contribution in [1.82, 2.24) is 9.80 Å². The quantitative estimate of drug-likeness (QED) is 0.741. The zero-order chi connectivity index (χ0) is 19.3. The summed E-state index contributed by atoms with van der Waals surface area (Å²) >= 11 is 6.16. The predicted molar refractivity (Wildman–Crippen MR) is 111 cm³/mol. The third-order valence-electron chi connectivity index (χ3n) is 6.50. The van der Waals surface area contributed by atoms with Crippen LogP contribution in [0.4, 0.5) is 4.39 Å². The fourth-order valence-corrected chi connectivity index (χ4v) is 5.16. The zero-order valence-corrected chi connectivity index (χ0v) is 16.7. The van der Waals surface area contributed by atoms with E-state index < -0.39 is 0 Å². The molecule has 0 spiro atoms. The molecule has 144 valence electrons. The molecule has 6 rings (SSSR count). The number of rotatable bonds is 2. The number of fused-ring (bicyclic) bond motifs is 2. The summed E-state index contributed by atoms with van der Waals surface area (Å²) in [5.41, 5.74) is 4.88. The number of halogens is 2. The SMILES string of the molecule is CN1CC=CN=C1c1ccc2c(c1)CN1CCC2(c2ccc(F)c(Cl)c2)CC1. The van der Waals surface area contributed by atoms with Gasteiger partial charge in [0.25, 0.3) is 0 Å². The van der Waals surface area contributed by atoms with Crippen molar-refractivity contribution in [2.75, 3.05) is 26.7 Å². The fraction of sp³-hybridized carbons (Fsp3) is 0.348. The molecule has 0 aromatic heterocycles. The smallest absolute Gasteiger partial charge is 0.141 e. The molecule has 5 heteroatoms. The lowest BCUT2D eigenvalue weighted by Crippen LogP contribution is -2.39. The Morgan fingerprint density at radius 2 is 1.93 bits per heavy atom. The molecule has 2 aromatic rings.